The Labute approximate surface area is 153 Å². The molecule has 2 aliphatic heterocycles. The number of sulfonamides is 1. The van der Waals surface area contributed by atoms with Crippen molar-refractivity contribution in [3.8, 4) is 11.5 Å². The SMILES string of the molecule is Cl.O=S(=O)(Nc1ccc2c(c1)CNCC2)c1ccc2c(c1)OCCO2. The van der Waals surface area contributed by atoms with E-state index in [1.54, 1.807) is 12.1 Å². The zero-order valence-electron chi connectivity index (χ0n) is 13.4. The maximum Gasteiger partial charge on any atom is 0.262 e. The number of hydrogen-bond acceptors (Lipinski definition) is 5. The molecule has 8 heteroatoms. The average Bonchev–Trinajstić information content (AvgIpc) is 2.61. The fraction of sp³-hybridized carbons (Fsp3) is 0.294. The van der Waals surface area contributed by atoms with Crippen LogP contribution in [0.5, 0.6) is 11.5 Å². The van der Waals surface area contributed by atoms with Gasteiger partial charge >= 0.3 is 0 Å². The second kappa shape index (κ2) is 7.11. The smallest absolute Gasteiger partial charge is 0.262 e. The van der Waals surface area contributed by atoms with Crippen molar-refractivity contribution in [2.24, 2.45) is 0 Å². The molecule has 0 bridgehead atoms. The molecule has 0 aliphatic carbocycles. The summed E-state index contributed by atoms with van der Waals surface area (Å²) in [4.78, 5) is 0.155. The summed E-state index contributed by atoms with van der Waals surface area (Å²) in [6, 6.07) is 10.3. The predicted octanol–water partition coefficient (Wildman–Crippen LogP) is 2.33. The van der Waals surface area contributed by atoms with E-state index in [1.165, 1.54) is 17.7 Å². The molecule has 0 spiro atoms. The van der Waals surface area contributed by atoms with Crippen LogP contribution in [0.15, 0.2) is 41.3 Å². The molecule has 0 aromatic heterocycles. The van der Waals surface area contributed by atoms with Gasteiger partial charge in [0.1, 0.15) is 13.2 Å². The van der Waals surface area contributed by atoms with Gasteiger partial charge in [0, 0.05) is 18.3 Å². The molecule has 0 unspecified atom stereocenters. The molecule has 2 aromatic carbocycles. The van der Waals surface area contributed by atoms with E-state index in [4.69, 9.17) is 9.47 Å². The Morgan fingerprint density at radius 3 is 2.60 bits per heavy atom. The van der Waals surface area contributed by atoms with Crippen molar-refractivity contribution in [3.63, 3.8) is 0 Å². The highest BCUT2D eigenvalue weighted by atomic mass is 35.5. The summed E-state index contributed by atoms with van der Waals surface area (Å²) in [5.41, 5.74) is 2.95. The number of ether oxygens (including phenoxy) is 2. The van der Waals surface area contributed by atoms with Gasteiger partial charge in [0.05, 0.1) is 4.90 Å². The summed E-state index contributed by atoms with van der Waals surface area (Å²) in [5, 5.41) is 3.29. The number of fused-ring (bicyclic) bond motifs is 2. The zero-order chi connectivity index (χ0) is 16.6. The van der Waals surface area contributed by atoms with Gasteiger partial charge in [0.2, 0.25) is 0 Å². The lowest BCUT2D eigenvalue weighted by Gasteiger charge is -2.20. The summed E-state index contributed by atoms with van der Waals surface area (Å²) in [7, 11) is -3.68. The average molecular weight is 383 g/mol. The first-order valence-electron chi connectivity index (χ1n) is 7.87. The van der Waals surface area contributed by atoms with Crippen molar-refractivity contribution >= 4 is 28.1 Å². The van der Waals surface area contributed by atoms with E-state index in [2.05, 4.69) is 10.0 Å². The maximum absolute atomic E-state index is 12.6. The van der Waals surface area contributed by atoms with Gasteiger partial charge in [-0.05, 0) is 48.4 Å². The molecule has 0 saturated carbocycles. The molecular weight excluding hydrogens is 364 g/mol. The third-order valence-corrected chi connectivity index (χ3v) is 5.55. The van der Waals surface area contributed by atoms with E-state index in [0.29, 0.717) is 30.4 Å². The quantitative estimate of drug-likeness (QED) is 0.852. The number of rotatable bonds is 3. The zero-order valence-corrected chi connectivity index (χ0v) is 15.1. The van der Waals surface area contributed by atoms with E-state index in [0.717, 1.165) is 25.1 Å². The van der Waals surface area contributed by atoms with Gasteiger partial charge in [-0.2, -0.15) is 0 Å². The monoisotopic (exact) mass is 382 g/mol. The molecule has 2 N–H and O–H groups in total. The fourth-order valence-electron chi connectivity index (χ4n) is 2.95. The highest BCUT2D eigenvalue weighted by Gasteiger charge is 2.20. The van der Waals surface area contributed by atoms with Crippen molar-refractivity contribution in [2.75, 3.05) is 24.5 Å². The van der Waals surface area contributed by atoms with Crippen molar-refractivity contribution in [1.29, 1.82) is 0 Å². The lowest BCUT2D eigenvalue weighted by Crippen LogP contribution is -2.23. The summed E-state index contributed by atoms with van der Waals surface area (Å²) in [5.74, 6) is 1.03. The number of nitrogens with one attached hydrogen (secondary N) is 2. The van der Waals surface area contributed by atoms with Crippen LogP contribution < -0.4 is 19.5 Å². The van der Waals surface area contributed by atoms with Crippen LogP contribution in [0, 0.1) is 0 Å². The van der Waals surface area contributed by atoms with Crippen LogP contribution in [-0.2, 0) is 23.0 Å². The largest absolute Gasteiger partial charge is 0.486 e. The Balaban J connectivity index is 0.00000182. The number of hydrogen-bond donors (Lipinski definition) is 2. The summed E-state index contributed by atoms with van der Waals surface area (Å²) in [6.07, 6.45) is 0.963. The van der Waals surface area contributed by atoms with Crippen LogP contribution in [0.25, 0.3) is 0 Å². The van der Waals surface area contributed by atoms with Crippen molar-refractivity contribution in [3.05, 3.63) is 47.5 Å². The first kappa shape index (κ1) is 17.8. The first-order valence-corrected chi connectivity index (χ1v) is 9.35. The molecule has 0 saturated heterocycles. The Bertz CT molecular complexity index is 886. The Morgan fingerprint density at radius 2 is 1.76 bits per heavy atom. The molecule has 0 amide bonds. The van der Waals surface area contributed by atoms with Gasteiger partial charge in [-0.3, -0.25) is 4.72 Å². The van der Waals surface area contributed by atoms with E-state index in [9.17, 15) is 8.42 Å². The molecule has 2 aromatic rings. The van der Waals surface area contributed by atoms with E-state index < -0.39 is 10.0 Å². The number of halogens is 1. The predicted molar refractivity (Wildman–Crippen MR) is 97.3 cm³/mol. The summed E-state index contributed by atoms with van der Waals surface area (Å²) >= 11 is 0. The van der Waals surface area contributed by atoms with Gasteiger partial charge in [-0.15, -0.1) is 12.4 Å². The van der Waals surface area contributed by atoms with Gasteiger partial charge in [0.15, 0.2) is 11.5 Å². The molecule has 2 aliphatic rings. The topological polar surface area (TPSA) is 76.7 Å². The van der Waals surface area contributed by atoms with Crippen molar-refractivity contribution in [2.45, 2.75) is 17.9 Å². The third kappa shape index (κ3) is 3.68. The Hall–Kier alpha value is -1.96. The van der Waals surface area contributed by atoms with Crippen LogP contribution >= 0.6 is 12.4 Å². The molecule has 0 fully saturated rings. The molecule has 2 heterocycles. The van der Waals surface area contributed by atoms with Crippen molar-refractivity contribution in [1.82, 2.24) is 5.32 Å². The first-order chi connectivity index (χ1) is 11.6. The minimum Gasteiger partial charge on any atom is -0.486 e. The van der Waals surface area contributed by atoms with Gasteiger partial charge < -0.3 is 14.8 Å². The molecule has 6 nitrogen and oxygen atoms in total. The number of anilines is 1. The minimum atomic E-state index is -3.68. The van der Waals surface area contributed by atoms with Crippen LogP contribution in [0.3, 0.4) is 0 Å². The third-order valence-electron chi connectivity index (χ3n) is 4.17. The Morgan fingerprint density at radius 1 is 0.960 bits per heavy atom. The van der Waals surface area contributed by atoms with E-state index in [-0.39, 0.29) is 17.3 Å². The second-order valence-corrected chi connectivity index (χ2v) is 7.50. The summed E-state index contributed by atoms with van der Waals surface area (Å²) < 4.78 is 38.8. The molecule has 0 radical (unpaired) electrons. The lowest BCUT2D eigenvalue weighted by molar-refractivity contribution is 0.171. The Kier molecular flexibility index (Phi) is 5.08. The highest BCUT2D eigenvalue weighted by molar-refractivity contribution is 7.92. The minimum absolute atomic E-state index is 0. The van der Waals surface area contributed by atoms with Crippen LogP contribution in [-0.4, -0.2) is 28.2 Å². The highest BCUT2D eigenvalue weighted by Crippen LogP contribution is 2.33. The van der Waals surface area contributed by atoms with E-state index >= 15 is 0 Å². The molecule has 134 valence electrons. The van der Waals surface area contributed by atoms with Gasteiger partial charge in [0.25, 0.3) is 10.0 Å². The van der Waals surface area contributed by atoms with Crippen molar-refractivity contribution < 1.29 is 17.9 Å². The van der Waals surface area contributed by atoms with Crippen LogP contribution in [0.4, 0.5) is 5.69 Å². The normalized spacial score (nSPS) is 15.7. The standard InChI is InChI=1S/C17H18N2O4S.ClH/c20-24(21,15-3-4-16-17(10-15)23-8-7-22-16)19-14-2-1-12-5-6-18-11-13(12)9-14;/h1-4,9-10,18-19H,5-8,11H2;1H. The second-order valence-electron chi connectivity index (χ2n) is 5.82. The number of benzene rings is 2. The van der Waals surface area contributed by atoms with Crippen LogP contribution in [0.2, 0.25) is 0 Å². The summed E-state index contributed by atoms with van der Waals surface area (Å²) in [6.45, 7) is 2.60. The molecule has 25 heavy (non-hydrogen) atoms. The van der Waals surface area contributed by atoms with Gasteiger partial charge in [-0.25, -0.2) is 8.42 Å². The fourth-order valence-corrected chi connectivity index (χ4v) is 4.01. The van der Waals surface area contributed by atoms with Crippen LogP contribution in [0.1, 0.15) is 11.1 Å². The van der Waals surface area contributed by atoms with E-state index in [1.807, 2.05) is 12.1 Å². The maximum atomic E-state index is 12.6. The molecule has 4 rings (SSSR count). The van der Waals surface area contributed by atoms with Gasteiger partial charge in [-0.1, -0.05) is 6.07 Å². The molecular formula is C17H19ClN2O4S. The lowest BCUT2D eigenvalue weighted by atomic mass is 10.0. The molecule has 0 atom stereocenters.